The van der Waals surface area contributed by atoms with Crippen molar-refractivity contribution in [1.82, 2.24) is 0 Å². The van der Waals surface area contributed by atoms with Crippen molar-refractivity contribution in [3.8, 4) is 0 Å². The third-order valence-electron chi connectivity index (χ3n) is 2.67. The molecule has 0 aliphatic carbocycles. The Morgan fingerprint density at radius 1 is 1.27 bits per heavy atom. The van der Waals surface area contributed by atoms with Gasteiger partial charge in [0.05, 0.1) is 5.56 Å². The number of para-hydroxylation sites is 1. The number of benzene rings is 1. The standard InChI is InChI=1S/C12H9NO2/c14-12-10-7-13-6-5-8(10)9-3-1-2-4-11(9)15-12/h1-4,7H,5-6H2. The molecule has 1 aromatic heterocycles. The highest BCUT2D eigenvalue weighted by atomic mass is 16.4. The third-order valence-corrected chi connectivity index (χ3v) is 2.67. The van der Waals surface area contributed by atoms with Gasteiger partial charge in [-0.2, -0.15) is 0 Å². The van der Waals surface area contributed by atoms with Crippen LogP contribution in [0.2, 0.25) is 0 Å². The van der Waals surface area contributed by atoms with E-state index >= 15 is 0 Å². The lowest BCUT2D eigenvalue weighted by molar-refractivity contribution is 0.556. The van der Waals surface area contributed by atoms with E-state index < -0.39 is 0 Å². The summed E-state index contributed by atoms with van der Waals surface area (Å²) in [4.78, 5) is 15.7. The van der Waals surface area contributed by atoms with Crippen LogP contribution in [0.5, 0.6) is 0 Å². The zero-order valence-electron chi connectivity index (χ0n) is 8.06. The first kappa shape index (κ1) is 8.41. The van der Waals surface area contributed by atoms with E-state index in [2.05, 4.69) is 4.99 Å². The van der Waals surface area contributed by atoms with Gasteiger partial charge < -0.3 is 4.42 Å². The van der Waals surface area contributed by atoms with Crippen molar-refractivity contribution in [1.29, 1.82) is 0 Å². The molecule has 0 amide bonds. The summed E-state index contributed by atoms with van der Waals surface area (Å²) in [5.74, 6) is 0. The summed E-state index contributed by atoms with van der Waals surface area (Å²) in [5.41, 5.74) is 2.06. The zero-order valence-corrected chi connectivity index (χ0v) is 8.06. The van der Waals surface area contributed by atoms with Gasteiger partial charge in [-0.15, -0.1) is 0 Å². The predicted molar refractivity (Wildman–Crippen MR) is 58.6 cm³/mol. The van der Waals surface area contributed by atoms with Gasteiger partial charge in [0.15, 0.2) is 0 Å². The largest absolute Gasteiger partial charge is 0.422 e. The maximum atomic E-state index is 11.6. The van der Waals surface area contributed by atoms with Gasteiger partial charge in [-0.1, -0.05) is 18.2 Å². The number of rotatable bonds is 0. The van der Waals surface area contributed by atoms with E-state index in [9.17, 15) is 4.79 Å². The van der Waals surface area contributed by atoms with Crippen molar-refractivity contribution in [2.75, 3.05) is 6.54 Å². The molecule has 0 N–H and O–H groups in total. The second-order valence-corrected chi connectivity index (χ2v) is 3.56. The van der Waals surface area contributed by atoms with Gasteiger partial charge in [-0.25, -0.2) is 4.79 Å². The smallest absolute Gasteiger partial charge is 0.345 e. The molecule has 0 saturated heterocycles. The maximum absolute atomic E-state index is 11.6. The Kier molecular flexibility index (Phi) is 1.71. The van der Waals surface area contributed by atoms with Gasteiger partial charge in [-0.3, -0.25) is 4.99 Å². The molecule has 3 rings (SSSR count). The summed E-state index contributed by atoms with van der Waals surface area (Å²) in [6.45, 7) is 0.750. The molecule has 3 heteroatoms. The number of hydrogen-bond acceptors (Lipinski definition) is 3. The number of hydrogen-bond donors (Lipinski definition) is 0. The fraction of sp³-hybridized carbons (Fsp3) is 0.167. The van der Waals surface area contributed by atoms with E-state index in [1.807, 2.05) is 24.3 Å². The van der Waals surface area contributed by atoms with Gasteiger partial charge in [0.2, 0.25) is 0 Å². The van der Waals surface area contributed by atoms with E-state index in [1.165, 1.54) is 0 Å². The average molecular weight is 199 g/mol. The van der Waals surface area contributed by atoms with Crippen molar-refractivity contribution in [3.63, 3.8) is 0 Å². The molecule has 0 bridgehead atoms. The molecule has 3 nitrogen and oxygen atoms in total. The Morgan fingerprint density at radius 2 is 2.13 bits per heavy atom. The summed E-state index contributed by atoms with van der Waals surface area (Å²) >= 11 is 0. The van der Waals surface area contributed by atoms with Crippen LogP contribution in [0.4, 0.5) is 0 Å². The lowest BCUT2D eigenvalue weighted by Gasteiger charge is -2.10. The average Bonchev–Trinajstić information content (AvgIpc) is 2.30. The summed E-state index contributed by atoms with van der Waals surface area (Å²) in [6.07, 6.45) is 2.44. The second-order valence-electron chi connectivity index (χ2n) is 3.56. The molecule has 0 radical (unpaired) electrons. The number of aliphatic imine (C=N–C) groups is 1. The topological polar surface area (TPSA) is 42.6 Å². The summed E-state index contributed by atoms with van der Waals surface area (Å²) < 4.78 is 5.21. The van der Waals surface area contributed by atoms with E-state index in [4.69, 9.17) is 4.42 Å². The molecule has 1 aliphatic rings. The lowest BCUT2D eigenvalue weighted by Crippen LogP contribution is -2.15. The summed E-state index contributed by atoms with van der Waals surface area (Å²) in [5, 5.41) is 1.03. The molecule has 0 unspecified atom stereocenters. The zero-order chi connectivity index (χ0) is 10.3. The van der Waals surface area contributed by atoms with Crippen LogP contribution in [-0.4, -0.2) is 12.8 Å². The summed E-state index contributed by atoms with van der Waals surface area (Å²) in [7, 11) is 0. The first-order valence-corrected chi connectivity index (χ1v) is 4.91. The van der Waals surface area contributed by atoms with Crippen molar-refractivity contribution >= 4 is 17.2 Å². The van der Waals surface area contributed by atoms with Gasteiger partial charge in [0, 0.05) is 18.1 Å². The van der Waals surface area contributed by atoms with Crippen molar-refractivity contribution < 1.29 is 4.42 Å². The van der Waals surface area contributed by atoms with Crippen LogP contribution in [0, 0.1) is 0 Å². The first-order chi connectivity index (χ1) is 7.36. The van der Waals surface area contributed by atoms with Crippen LogP contribution in [0.1, 0.15) is 11.1 Å². The van der Waals surface area contributed by atoms with Gasteiger partial charge >= 0.3 is 5.63 Å². The Hall–Kier alpha value is -1.90. The van der Waals surface area contributed by atoms with E-state index in [0.717, 1.165) is 23.9 Å². The van der Waals surface area contributed by atoms with Gasteiger partial charge in [-0.05, 0) is 18.1 Å². The molecule has 1 aromatic carbocycles. The fourth-order valence-corrected chi connectivity index (χ4v) is 1.96. The maximum Gasteiger partial charge on any atom is 0.345 e. The van der Waals surface area contributed by atoms with Gasteiger partial charge in [0.1, 0.15) is 5.58 Å². The molecule has 0 saturated carbocycles. The SMILES string of the molecule is O=c1oc2ccccc2c2c1C=NCC2. The molecule has 74 valence electrons. The van der Waals surface area contributed by atoms with Crippen molar-refractivity contribution in [3.05, 3.63) is 45.8 Å². The minimum absolute atomic E-state index is 0.285. The predicted octanol–water partition coefficient (Wildman–Crippen LogP) is 1.77. The second kappa shape index (κ2) is 3.05. The first-order valence-electron chi connectivity index (χ1n) is 4.91. The van der Waals surface area contributed by atoms with E-state index in [1.54, 1.807) is 6.21 Å². The quantitative estimate of drug-likeness (QED) is 0.607. The summed E-state index contributed by atoms with van der Waals surface area (Å²) in [6, 6.07) is 7.63. The molecule has 2 aromatic rings. The van der Waals surface area contributed by atoms with Crippen LogP contribution in [0.15, 0.2) is 38.5 Å². The molecule has 1 aliphatic heterocycles. The molecule has 0 fully saturated rings. The van der Waals surface area contributed by atoms with Crippen LogP contribution in [0.25, 0.3) is 11.0 Å². The Labute approximate surface area is 86.1 Å². The van der Waals surface area contributed by atoms with Crippen LogP contribution < -0.4 is 5.63 Å². The molecule has 2 heterocycles. The molecule has 0 atom stereocenters. The van der Waals surface area contributed by atoms with Crippen LogP contribution >= 0.6 is 0 Å². The van der Waals surface area contributed by atoms with Crippen LogP contribution in [0.3, 0.4) is 0 Å². The Morgan fingerprint density at radius 3 is 3.07 bits per heavy atom. The highest BCUT2D eigenvalue weighted by Gasteiger charge is 2.14. The molecular formula is C12H9NO2. The van der Waals surface area contributed by atoms with Crippen molar-refractivity contribution in [2.45, 2.75) is 6.42 Å². The molecular weight excluding hydrogens is 190 g/mol. The van der Waals surface area contributed by atoms with Gasteiger partial charge in [0.25, 0.3) is 0 Å². The minimum Gasteiger partial charge on any atom is -0.422 e. The van der Waals surface area contributed by atoms with E-state index in [-0.39, 0.29) is 5.63 Å². The normalized spacial score (nSPS) is 14.1. The minimum atomic E-state index is -0.285. The number of fused-ring (bicyclic) bond motifs is 3. The third kappa shape index (κ3) is 1.20. The van der Waals surface area contributed by atoms with Crippen molar-refractivity contribution in [2.24, 2.45) is 4.99 Å². The monoisotopic (exact) mass is 199 g/mol. The lowest BCUT2D eigenvalue weighted by atomic mass is 10.0. The highest BCUT2D eigenvalue weighted by Crippen LogP contribution is 2.21. The Bertz CT molecular complexity index is 611. The fourth-order valence-electron chi connectivity index (χ4n) is 1.96. The highest BCUT2D eigenvalue weighted by molar-refractivity contribution is 5.91. The number of nitrogens with zero attached hydrogens (tertiary/aromatic N) is 1. The molecule has 15 heavy (non-hydrogen) atoms. The van der Waals surface area contributed by atoms with Crippen LogP contribution in [-0.2, 0) is 6.42 Å². The van der Waals surface area contributed by atoms with E-state index in [0.29, 0.717) is 11.1 Å². The Balaban J connectivity index is 2.51. The molecule has 0 spiro atoms.